The summed E-state index contributed by atoms with van der Waals surface area (Å²) in [5, 5.41) is 9.05. The lowest BCUT2D eigenvalue weighted by Crippen LogP contribution is -2.26. The molecule has 0 aliphatic carbocycles. The Hall–Kier alpha value is -1.36. The van der Waals surface area contributed by atoms with Crippen molar-refractivity contribution in [2.45, 2.75) is 18.9 Å². The third kappa shape index (κ3) is 1.86. The van der Waals surface area contributed by atoms with Crippen LogP contribution in [-0.4, -0.2) is 28.8 Å². The van der Waals surface area contributed by atoms with Gasteiger partial charge < -0.3 is 10.1 Å². The van der Waals surface area contributed by atoms with E-state index in [-0.39, 0.29) is 12.0 Å². The van der Waals surface area contributed by atoms with E-state index in [1.54, 1.807) is 12.4 Å². The zero-order chi connectivity index (χ0) is 9.10. The summed E-state index contributed by atoms with van der Waals surface area (Å²) < 4.78 is 5.22. The molecule has 2 rings (SSSR count). The third-order valence-electron chi connectivity index (χ3n) is 1.99. The van der Waals surface area contributed by atoms with Crippen molar-refractivity contribution < 1.29 is 9.53 Å². The van der Waals surface area contributed by atoms with Gasteiger partial charge in [0.2, 0.25) is 0 Å². The summed E-state index contributed by atoms with van der Waals surface area (Å²) in [6, 6.07) is 0. The van der Waals surface area contributed by atoms with E-state index in [1.165, 1.54) is 0 Å². The molecule has 1 saturated heterocycles. The molecule has 13 heavy (non-hydrogen) atoms. The van der Waals surface area contributed by atoms with Crippen molar-refractivity contribution >= 4 is 11.6 Å². The van der Waals surface area contributed by atoms with E-state index >= 15 is 0 Å². The van der Waals surface area contributed by atoms with Gasteiger partial charge in [0.1, 0.15) is 6.10 Å². The van der Waals surface area contributed by atoms with Crippen molar-refractivity contribution in [3.05, 3.63) is 12.4 Å². The zero-order valence-electron chi connectivity index (χ0n) is 7.12. The Balaban J connectivity index is 1.91. The Bertz CT molecular complexity index is 278. The summed E-state index contributed by atoms with van der Waals surface area (Å²) in [5.74, 6) is -0.0844. The number of nitrogens with zero attached hydrogens (tertiary/aromatic N) is 1. The van der Waals surface area contributed by atoms with E-state index in [0.29, 0.717) is 12.3 Å². The summed E-state index contributed by atoms with van der Waals surface area (Å²) >= 11 is 0. The van der Waals surface area contributed by atoms with Gasteiger partial charge in [0, 0.05) is 12.8 Å². The minimum atomic E-state index is -0.283. The van der Waals surface area contributed by atoms with E-state index in [4.69, 9.17) is 4.74 Å². The molecule has 70 valence electrons. The first kappa shape index (κ1) is 8.25. The Kier molecular flexibility index (Phi) is 2.27. The molecule has 1 aliphatic rings. The predicted octanol–water partition coefficient (Wildman–Crippen LogP) is 0.527. The largest absolute Gasteiger partial charge is 0.368 e. The lowest BCUT2D eigenvalue weighted by molar-refractivity contribution is -0.124. The smallest absolute Gasteiger partial charge is 0.253 e. The van der Waals surface area contributed by atoms with Crippen LogP contribution in [-0.2, 0) is 9.53 Å². The van der Waals surface area contributed by atoms with Crippen LogP contribution in [0.4, 0.5) is 5.69 Å². The van der Waals surface area contributed by atoms with Crippen LogP contribution in [0.25, 0.3) is 0 Å². The third-order valence-corrected chi connectivity index (χ3v) is 1.99. The number of aromatic nitrogens is 2. The average molecular weight is 181 g/mol. The van der Waals surface area contributed by atoms with E-state index in [9.17, 15) is 4.79 Å². The van der Waals surface area contributed by atoms with E-state index in [0.717, 1.165) is 12.8 Å². The molecule has 0 unspecified atom stereocenters. The molecule has 1 aliphatic heterocycles. The molecule has 0 saturated carbocycles. The number of nitrogens with one attached hydrogen (secondary N) is 2. The van der Waals surface area contributed by atoms with Gasteiger partial charge in [-0.1, -0.05) is 0 Å². The van der Waals surface area contributed by atoms with Gasteiger partial charge in [0.15, 0.2) is 0 Å². The Morgan fingerprint density at radius 3 is 3.31 bits per heavy atom. The minimum absolute atomic E-state index is 0.0844. The van der Waals surface area contributed by atoms with E-state index < -0.39 is 0 Å². The number of ether oxygens (including phenoxy) is 1. The normalized spacial score (nSPS) is 21.7. The fourth-order valence-electron chi connectivity index (χ4n) is 1.33. The number of anilines is 1. The molecule has 1 fully saturated rings. The molecule has 1 aromatic rings. The number of aromatic amines is 1. The highest BCUT2D eigenvalue weighted by Gasteiger charge is 2.23. The summed E-state index contributed by atoms with van der Waals surface area (Å²) in [4.78, 5) is 11.4. The van der Waals surface area contributed by atoms with Crippen molar-refractivity contribution in [3.63, 3.8) is 0 Å². The topological polar surface area (TPSA) is 67.0 Å². The van der Waals surface area contributed by atoms with Gasteiger partial charge in [-0.25, -0.2) is 0 Å². The van der Waals surface area contributed by atoms with Crippen LogP contribution in [0.5, 0.6) is 0 Å². The molecule has 1 amide bonds. The maximum atomic E-state index is 11.4. The van der Waals surface area contributed by atoms with Crippen LogP contribution >= 0.6 is 0 Å². The Morgan fingerprint density at radius 2 is 2.69 bits per heavy atom. The molecule has 0 radical (unpaired) electrons. The molecule has 1 atom stereocenters. The lowest BCUT2D eigenvalue weighted by Gasteiger charge is -2.07. The highest BCUT2D eigenvalue weighted by Crippen LogP contribution is 2.14. The number of carbonyl (C=O) groups excluding carboxylic acids is 1. The minimum Gasteiger partial charge on any atom is -0.368 e. The van der Waals surface area contributed by atoms with Crippen molar-refractivity contribution in [3.8, 4) is 0 Å². The van der Waals surface area contributed by atoms with Gasteiger partial charge >= 0.3 is 0 Å². The second-order valence-corrected chi connectivity index (χ2v) is 2.98. The number of carbonyl (C=O) groups is 1. The molecule has 0 aromatic carbocycles. The summed E-state index contributed by atoms with van der Waals surface area (Å²) in [6.07, 6.45) is 4.68. The van der Waals surface area contributed by atoms with Gasteiger partial charge in [-0.15, -0.1) is 0 Å². The van der Waals surface area contributed by atoms with E-state index in [2.05, 4.69) is 15.5 Å². The quantitative estimate of drug-likeness (QED) is 0.699. The maximum Gasteiger partial charge on any atom is 0.253 e. The predicted molar refractivity (Wildman–Crippen MR) is 46.2 cm³/mol. The van der Waals surface area contributed by atoms with Crippen LogP contribution in [0, 0.1) is 0 Å². The molecular formula is C8H11N3O2. The first-order valence-corrected chi connectivity index (χ1v) is 4.27. The second-order valence-electron chi connectivity index (χ2n) is 2.98. The molecule has 2 N–H and O–H groups in total. The summed E-state index contributed by atoms with van der Waals surface area (Å²) in [5.41, 5.74) is 0.681. The Morgan fingerprint density at radius 1 is 1.77 bits per heavy atom. The maximum absolute atomic E-state index is 11.4. The summed E-state index contributed by atoms with van der Waals surface area (Å²) in [6.45, 7) is 0.684. The van der Waals surface area contributed by atoms with Crippen molar-refractivity contribution in [1.29, 1.82) is 0 Å². The molecule has 2 heterocycles. The van der Waals surface area contributed by atoms with Crippen LogP contribution in [0.1, 0.15) is 12.8 Å². The van der Waals surface area contributed by atoms with Crippen molar-refractivity contribution in [1.82, 2.24) is 10.2 Å². The highest BCUT2D eigenvalue weighted by atomic mass is 16.5. The van der Waals surface area contributed by atoms with Crippen LogP contribution in [0.2, 0.25) is 0 Å². The number of hydrogen-bond donors (Lipinski definition) is 2. The van der Waals surface area contributed by atoms with Crippen molar-refractivity contribution in [2.75, 3.05) is 11.9 Å². The van der Waals surface area contributed by atoms with Crippen LogP contribution < -0.4 is 5.32 Å². The number of amides is 1. The van der Waals surface area contributed by atoms with Crippen LogP contribution in [0.3, 0.4) is 0 Å². The SMILES string of the molecule is O=C(Nc1cn[nH]c1)[C@H]1CCCO1. The second kappa shape index (κ2) is 3.57. The standard InChI is InChI=1S/C8H11N3O2/c12-8(7-2-1-3-13-7)11-6-4-9-10-5-6/h4-5,7H,1-3H2,(H,9,10)(H,11,12)/t7-/m1/s1. The monoisotopic (exact) mass is 181 g/mol. The van der Waals surface area contributed by atoms with Gasteiger partial charge in [-0.05, 0) is 12.8 Å². The number of H-pyrrole nitrogens is 1. The lowest BCUT2D eigenvalue weighted by atomic mass is 10.2. The van der Waals surface area contributed by atoms with Crippen molar-refractivity contribution in [2.24, 2.45) is 0 Å². The molecule has 1 aromatic heterocycles. The van der Waals surface area contributed by atoms with E-state index in [1.807, 2.05) is 0 Å². The van der Waals surface area contributed by atoms with Gasteiger partial charge in [0.05, 0.1) is 11.9 Å². The first-order valence-electron chi connectivity index (χ1n) is 4.27. The fraction of sp³-hybridized carbons (Fsp3) is 0.500. The number of rotatable bonds is 2. The summed E-state index contributed by atoms with van der Waals surface area (Å²) in [7, 11) is 0. The van der Waals surface area contributed by atoms with Gasteiger partial charge in [0.25, 0.3) is 5.91 Å². The molecular weight excluding hydrogens is 170 g/mol. The average Bonchev–Trinajstić information content (AvgIpc) is 2.74. The van der Waals surface area contributed by atoms with Crippen LogP contribution in [0.15, 0.2) is 12.4 Å². The fourth-order valence-corrected chi connectivity index (χ4v) is 1.33. The molecule has 5 nitrogen and oxygen atoms in total. The number of hydrogen-bond acceptors (Lipinski definition) is 3. The first-order chi connectivity index (χ1) is 6.36. The molecule has 5 heteroatoms. The van der Waals surface area contributed by atoms with Gasteiger partial charge in [-0.2, -0.15) is 5.10 Å². The van der Waals surface area contributed by atoms with Gasteiger partial charge in [-0.3, -0.25) is 9.89 Å². The highest BCUT2D eigenvalue weighted by molar-refractivity contribution is 5.94. The molecule has 0 bridgehead atoms. The Labute approximate surface area is 75.5 Å². The zero-order valence-corrected chi connectivity index (χ0v) is 7.12. The molecule has 0 spiro atoms.